The van der Waals surface area contributed by atoms with Gasteiger partial charge in [-0.2, -0.15) is 9.61 Å². The molecule has 0 amide bonds. The number of phenolic OH excluding ortho intramolecular Hbond substituents is 1. The van der Waals surface area contributed by atoms with Gasteiger partial charge in [-0.05, 0) is 58.6 Å². The number of nitrogens with one attached hydrogen (secondary N) is 1. The summed E-state index contributed by atoms with van der Waals surface area (Å²) < 4.78 is 3.75. The maximum Gasteiger partial charge on any atom is 0.172 e. The van der Waals surface area contributed by atoms with Gasteiger partial charge in [-0.1, -0.05) is 40.2 Å². The maximum atomic E-state index is 10.3. The van der Waals surface area contributed by atoms with Crippen LogP contribution in [0.15, 0.2) is 69.7 Å². The Labute approximate surface area is 203 Å². The molecule has 4 aromatic rings. The molecule has 164 valence electrons. The lowest BCUT2D eigenvalue weighted by atomic mass is 10.0. The van der Waals surface area contributed by atoms with E-state index in [0.717, 1.165) is 52.9 Å². The molecule has 32 heavy (non-hydrogen) atoms. The normalized spacial score (nSPS) is 15.3. The SMILES string of the molecule is Oc1ccccc1-c1cc(NC2CCN(Cc3ccc(Br)cc3)CC2)n2ncc(Br)c2n1. The first kappa shape index (κ1) is 21.4. The summed E-state index contributed by atoms with van der Waals surface area (Å²) in [6.07, 6.45) is 3.85. The van der Waals surface area contributed by atoms with Gasteiger partial charge < -0.3 is 10.4 Å². The molecule has 0 saturated carbocycles. The van der Waals surface area contributed by atoms with Crippen molar-refractivity contribution < 1.29 is 5.11 Å². The lowest BCUT2D eigenvalue weighted by Gasteiger charge is -2.33. The number of piperidine rings is 1. The van der Waals surface area contributed by atoms with E-state index in [1.807, 2.05) is 28.8 Å². The second kappa shape index (κ2) is 9.21. The Morgan fingerprint density at radius 3 is 2.53 bits per heavy atom. The number of likely N-dealkylation sites (tertiary alicyclic amines) is 1. The number of phenols is 1. The van der Waals surface area contributed by atoms with E-state index in [1.165, 1.54) is 5.56 Å². The van der Waals surface area contributed by atoms with E-state index in [9.17, 15) is 5.11 Å². The van der Waals surface area contributed by atoms with Gasteiger partial charge in [0, 0.05) is 41.8 Å². The van der Waals surface area contributed by atoms with Crippen molar-refractivity contribution in [2.75, 3.05) is 18.4 Å². The van der Waals surface area contributed by atoms with Crippen molar-refractivity contribution in [3.8, 4) is 17.0 Å². The standard InChI is InChI=1S/C24H23Br2N5O/c25-17-7-5-16(6-8-17)15-30-11-9-18(10-12-30)28-23-13-21(19-3-1-2-4-22(19)32)29-24-20(26)14-27-31(23)24/h1-8,13-14,18,28,32H,9-12,15H2. The highest BCUT2D eigenvalue weighted by Crippen LogP contribution is 2.31. The Kier molecular flexibility index (Phi) is 6.17. The van der Waals surface area contributed by atoms with Crippen LogP contribution in [0.5, 0.6) is 5.75 Å². The fourth-order valence-electron chi connectivity index (χ4n) is 4.16. The first-order valence-electron chi connectivity index (χ1n) is 10.6. The monoisotopic (exact) mass is 555 g/mol. The highest BCUT2D eigenvalue weighted by molar-refractivity contribution is 9.10. The van der Waals surface area contributed by atoms with E-state index < -0.39 is 0 Å². The molecule has 2 aromatic carbocycles. The largest absolute Gasteiger partial charge is 0.507 e. The average molecular weight is 557 g/mol. The highest BCUT2D eigenvalue weighted by atomic mass is 79.9. The molecule has 6 nitrogen and oxygen atoms in total. The number of aromatic nitrogens is 3. The van der Waals surface area contributed by atoms with Gasteiger partial charge in [0.05, 0.1) is 16.4 Å². The van der Waals surface area contributed by atoms with Crippen LogP contribution in [0.2, 0.25) is 0 Å². The lowest BCUT2D eigenvalue weighted by molar-refractivity contribution is 0.211. The van der Waals surface area contributed by atoms with E-state index >= 15 is 0 Å². The number of anilines is 1. The molecule has 0 unspecified atom stereocenters. The van der Waals surface area contributed by atoms with Gasteiger partial charge >= 0.3 is 0 Å². The van der Waals surface area contributed by atoms with Gasteiger partial charge in [0.25, 0.3) is 0 Å². The van der Waals surface area contributed by atoms with E-state index in [4.69, 9.17) is 4.98 Å². The minimum atomic E-state index is 0.215. The number of aromatic hydroxyl groups is 1. The van der Waals surface area contributed by atoms with Gasteiger partial charge in [-0.25, -0.2) is 4.98 Å². The Morgan fingerprint density at radius 1 is 1.03 bits per heavy atom. The van der Waals surface area contributed by atoms with Crippen LogP contribution in [-0.4, -0.2) is 43.7 Å². The third kappa shape index (κ3) is 4.53. The smallest absolute Gasteiger partial charge is 0.172 e. The van der Waals surface area contributed by atoms with Gasteiger partial charge in [-0.15, -0.1) is 0 Å². The molecule has 1 aliphatic heterocycles. The van der Waals surface area contributed by atoms with Crippen LogP contribution in [0.1, 0.15) is 18.4 Å². The minimum absolute atomic E-state index is 0.215. The molecule has 2 aromatic heterocycles. The predicted molar refractivity (Wildman–Crippen MR) is 134 cm³/mol. The first-order valence-corrected chi connectivity index (χ1v) is 12.2. The quantitative estimate of drug-likeness (QED) is 0.330. The summed E-state index contributed by atoms with van der Waals surface area (Å²) >= 11 is 7.05. The van der Waals surface area contributed by atoms with Crippen LogP contribution < -0.4 is 5.32 Å². The fraction of sp³-hybridized carbons (Fsp3) is 0.250. The second-order valence-corrected chi connectivity index (χ2v) is 9.86. The summed E-state index contributed by atoms with van der Waals surface area (Å²) in [5.41, 5.74) is 3.48. The second-order valence-electron chi connectivity index (χ2n) is 8.09. The number of nitrogens with zero attached hydrogens (tertiary/aromatic N) is 4. The zero-order chi connectivity index (χ0) is 22.1. The highest BCUT2D eigenvalue weighted by Gasteiger charge is 2.21. The van der Waals surface area contributed by atoms with Gasteiger partial charge in [-0.3, -0.25) is 4.90 Å². The molecular weight excluding hydrogens is 534 g/mol. The topological polar surface area (TPSA) is 65.7 Å². The molecular formula is C24H23Br2N5O. The Morgan fingerprint density at radius 2 is 1.78 bits per heavy atom. The van der Waals surface area contributed by atoms with Crippen molar-refractivity contribution in [2.24, 2.45) is 0 Å². The predicted octanol–water partition coefficient (Wildman–Crippen LogP) is 5.70. The number of rotatable bonds is 5. The Hall–Kier alpha value is -2.42. The summed E-state index contributed by atoms with van der Waals surface area (Å²) in [6, 6.07) is 18.1. The van der Waals surface area contributed by atoms with Crippen molar-refractivity contribution in [2.45, 2.75) is 25.4 Å². The van der Waals surface area contributed by atoms with E-state index in [0.29, 0.717) is 17.3 Å². The van der Waals surface area contributed by atoms with E-state index in [2.05, 4.69) is 71.4 Å². The molecule has 3 heterocycles. The third-order valence-electron chi connectivity index (χ3n) is 5.87. The van der Waals surface area contributed by atoms with Crippen molar-refractivity contribution in [1.29, 1.82) is 0 Å². The molecule has 1 fully saturated rings. The Balaban J connectivity index is 1.33. The summed E-state index contributed by atoms with van der Waals surface area (Å²) in [5, 5.41) is 18.5. The zero-order valence-electron chi connectivity index (χ0n) is 17.4. The van der Waals surface area contributed by atoms with Crippen LogP contribution in [0, 0.1) is 0 Å². The number of halogens is 2. The van der Waals surface area contributed by atoms with Crippen LogP contribution in [-0.2, 0) is 6.54 Å². The summed E-state index contributed by atoms with van der Waals surface area (Å²) in [6.45, 7) is 3.05. The number of para-hydroxylation sites is 1. The zero-order valence-corrected chi connectivity index (χ0v) is 20.6. The molecule has 0 bridgehead atoms. The van der Waals surface area contributed by atoms with Crippen LogP contribution in [0.25, 0.3) is 16.9 Å². The first-order chi connectivity index (χ1) is 15.6. The fourth-order valence-corrected chi connectivity index (χ4v) is 4.77. The van der Waals surface area contributed by atoms with Crippen molar-refractivity contribution in [3.63, 3.8) is 0 Å². The number of hydrogen-bond donors (Lipinski definition) is 2. The molecule has 0 atom stereocenters. The summed E-state index contributed by atoms with van der Waals surface area (Å²) in [5.74, 6) is 1.09. The van der Waals surface area contributed by atoms with Crippen LogP contribution >= 0.6 is 31.9 Å². The molecule has 0 radical (unpaired) electrons. The van der Waals surface area contributed by atoms with Crippen molar-refractivity contribution >= 4 is 43.3 Å². The lowest BCUT2D eigenvalue weighted by Crippen LogP contribution is -2.39. The third-order valence-corrected chi connectivity index (χ3v) is 6.96. The van der Waals surface area contributed by atoms with Crippen LogP contribution in [0.3, 0.4) is 0 Å². The molecule has 5 rings (SSSR count). The minimum Gasteiger partial charge on any atom is -0.507 e. The molecule has 8 heteroatoms. The summed E-state index contributed by atoms with van der Waals surface area (Å²) in [7, 11) is 0. The van der Waals surface area contributed by atoms with E-state index in [1.54, 1.807) is 12.3 Å². The Bertz CT molecular complexity index is 1230. The van der Waals surface area contributed by atoms with Crippen molar-refractivity contribution in [1.82, 2.24) is 19.5 Å². The van der Waals surface area contributed by atoms with Crippen LogP contribution in [0.4, 0.5) is 5.82 Å². The molecule has 2 N–H and O–H groups in total. The average Bonchev–Trinajstić information content (AvgIpc) is 3.18. The van der Waals surface area contributed by atoms with Crippen molar-refractivity contribution in [3.05, 3.63) is 75.3 Å². The number of benzene rings is 2. The molecule has 0 aliphatic carbocycles. The van der Waals surface area contributed by atoms with Gasteiger partial charge in [0.2, 0.25) is 0 Å². The number of fused-ring (bicyclic) bond motifs is 1. The summed E-state index contributed by atoms with van der Waals surface area (Å²) in [4.78, 5) is 7.23. The van der Waals surface area contributed by atoms with E-state index in [-0.39, 0.29) is 5.75 Å². The molecule has 0 spiro atoms. The maximum absolute atomic E-state index is 10.3. The van der Waals surface area contributed by atoms with Gasteiger partial charge in [0.15, 0.2) is 5.65 Å². The number of hydrogen-bond acceptors (Lipinski definition) is 5. The van der Waals surface area contributed by atoms with Gasteiger partial charge in [0.1, 0.15) is 11.6 Å². The molecule has 1 aliphatic rings. The molecule has 1 saturated heterocycles.